The van der Waals surface area contributed by atoms with Gasteiger partial charge in [-0.25, -0.2) is 0 Å². The first-order chi connectivity index (χ1) is 8.10. The van der Waals surface area contributed by atoms with E-state index in [0.29, 0.717) is 25.7 Å². The topological polar surface area (TPSA) is 38.8 Å². The molecule has 102 valence electrons. The molecule has 0 spiro atoms. The molecule has 0 N–H and O–H groups in total. The highest BCUT2D eigenvalue weighted by Crippen LogP contribution is 1.99. The predicted molar refractivity (Wildman–Crippen MR) is 69.0 cm³/mol. The van der Waals surface area contributed by atoms with Gasteiger partial charge in [0.1, 0.15) is 0 Å². The molecule has 0 saturated heterocycles. The summed E-state index contributed by atoms with van der Waals surface area (Å²) in [6.45, 7) is 9.58. The minimum Gasteiger partial charge on any atom is -0.465 e. The molecule has 0 rings (SSSR count). The molecule has 0 aromatic heterocycles. The second-order valence-corrected chi connectivity index (χ2v) is 4.70. The van der Waals surface area contributed by atoms with Crippen molar-refractivity contribution in [3.05, 3.63) is 0 Å². The Bertz CT molecular complexity index is 195. The molecule has 0 aromatic rings. The molecule has 0 atom stereocenters. The molecule has 4 heteroatoms. The maximum atomic E-state index is 11.6. The number of carbonyl (C=O) groups is 1. The van der Waals surface area contributed by atoms with E-state index in [1.807, 2.05) is 0 Å². The third-order valence-corrected chi connectivity index (χ3v) is 2.35. The van der Waals surface area contributed by atoms with Crippen LogP contribution in [0.15, 0.2) is 0 Å². The van der Waals surface area contributed by atoms with Crippen LogP contribution in [0.2, 0.25) is 0 Å². The third kappa shape index (κ3) is 10.3. The van der Waals surface area contributed by atoms with Gasteiger partial charge < -0.3 is 9.47 Å². The number of unbranched alkanes of at least 4 members (excludes halogenated alkanes) is 1. The fraction of sp³-hybridized carbons (Fsp3) is 0.923. The number of hydrogen-bond acceptors (Lipinski definition) is 4. The van der Waals surface area contributed by atoms with Crippen LogP contribution in [0.5, 0.6) is 0 Å². The van der Waals surface area contributed by atoms with Gasteiger partial charge in [-0.3, -0.25) is 9.69 Å². The van der Waals surface area contributed by atoms with Crippen molar-refractivity contribution in [1.29, 1.82) is 0 Å². The average molecular weight is 245 g/mol. The largest absolute Gasteiger partial charge is 0.465 e. The van der Waals surface area contributed by atoms with E-state index in [4.69, 9.17) is 9.47 Å². The molecule has 0 fully saturated rings. The molecule has 0 aromatic carbocycles. The van der Waals surface area contributed by atoms with Gasteiger partial charge in [0.05, 0.1) is 19.8 Å². The molecule has 0 unspecified atom stereocenters. The molecule has 0 radical (unpaired) electrons. The van der Waals surface area contributed by atoms with E-state index in [2.05, 4.69) is 25.7 Å². The molecule has 0 heterocycles. The van der Waals surface area contributed by atoms with E-state index in [1.165, 1.54) is 0 Å². The minimum atomic E-state index is -0.129. The maximum absolute atomic E-state index is 11.6. The number of hydrogen-bond donors (Lipinski definition) is 0. The summed E-state index contributed by atoms with van der Waals surface area (Å²) < 4.78 is 10.2. The van der Waals surface area contributed by atoms with Crippen LogP contribution in [0.25, 0.3) is 0 Å². The Morgan fingerprint density at radius 1 is 1.29 bits per heavy atom. The van der Waals surface area contributed by atoms with Crippen LogP contribution >= 0.6 is 0 Å². The standard InChI is InChI=1S/C13H27NO3/c1-5-6-8-17-13(15)11-14(7-9-16-4)10-12(2)3/h12H,5-11H2,1-4H3. The summed E-state index contributed by atoms with van der Waals surface area (Å²) in [6, 6.07) is 0. The van der Waals surface area contributed by atoms with Crippen LogP contribution < -0.4 is 0 Å². The Morgan fingerprint density at radius 2 is 2.00 bits per heavy atom. The van der Waals surface area contributed by atoms with Crippen molar-refractivity contribution in [3.63, 3.8) is 0 Å². The smallest absolute Gasteiger partial charge is 0.320 e. The fourth-order valence-corrected chi connectivity index (χ4v) is 1.53. The van der Waals surface area contributed by atoms with Crippen molar-refractivity contribution in [1.82, 2.24) is 4.90 Å². The second-order valence-electron chi connectivity index (χ2n) is 4.70. The highest BCUT2D eigenvalue weighted by molar-refractivity contribution is 5.71. The summed E-state index contributed by atoms with van der Waals surface area (Å²) in [5.74, 6) is 0.408. The Labute approximate surface area is 105 Å². The lowest BCUT2D eigenvalue weighted by atomic mass is 10.2. The zero-order chi connectivity index (χ0) is 13.1. The summed E-state index contributed by atoms with van der Waals surface area (Å²) in [5, 5.41) is 0. The van der Waals surface area contributed by atoms with E-state index in [0.717, 1.165) is 25.9 Å². The summed E-state index contributed by atoms with van der Waals surface area (Å²) >= 11 is 0. The van der Waals surface area contributed by atoms with E-state index < -0.39 is 0 Å². The highest BCUT2D eigenvalue weighted by atomic mass is 16.5. The Kier molecular flexibility index (Phi) is 10.2. The number of nitrogens with zero attached hydrogens (tertiary/aromatic N) is 1. The summed E-state index contributed by atoms with van der Waals surface area (Å²) in [6.07, 6.45) is 1.99. The quantitative estimate of drug-likeness (QED) is 0.435. The molecular weight excluding hydrogens is 218 g/mol. The van der Waals surface area contributed by atoms with Gasteiger partial charge in [0.2, 0.25) is 0 Å². The van der Waals surface area contributed by atoms with Crippen LogP contribution in [-0.4, -0.2) is 50.8 Å². The predicted octanol–water partition coefficient (Wildman–Crippen LogP) is 1.93. The van der Waals surface area contributed by atoms with Gasteiger partial charge in [-0.2, -0.15) is 0 Å². The van der Waals surface area contributed by atoms with Crippen molar-refractivity contribution >= 4 is 5.97 Å². The van der Waals surface area contributed by atoms with Gasteiger partial charge >= 0.3 is 5.97 Å². The van der Waals surface area contributed by atoms with E-state index in [1.54, 1.807) is 7.11 Å². The third-order valence-electron chi connectivity index (χ3n) is 2.35. The van der Waals surface area contributed by atoms with Crippen LogP contribution in [0, 0.1) is 5.92 Å². The summed E-state index contributed by atoms with van der Waals surface area (Å²) in [4.78, 5) is 13.7. The van der Waals surface area contributed by atoms with Crippen molar-refractivity contribution < 1.29 is 14.3 Å². The second kappa shape index (κ2) is 10.5. The van der Waals surface area contributed by atoms with Crippen molar-refractivity contribution in [2.24, 2.45) is 5.92 Å². The first kappa shape index (κ1) is 16.4. The van der Waals surface area contributed by atoms with Gasteiger partial charge in [-0.05, 0) is 12.3 Å². The number of carbonyl (C=O) groups excluding carboxylic acids is 1. The Morgan fingerprint density at radius 3 is 2.53 bits per heavy atom. The number of esters is 1. The van der Waals surface area contributed by atoms with Crippen LogP contribution in [0.3, 0.4) is 0 Å². The van der Waals surface area contributed by atoms with Crippen molar-refractivity contribution in [3.8, 4) is 0 Å². The molecule has 0 bridgehead atoms. The minimum absolute atomic E-state index is 0.129. The van der Waals surface area contributed by atoms with Crippen LogP contribution in [0.4, 0.5) is 0 Å². The average Bonchev–Trinajstić information content (AvgIpc) is 2.25. The molecule has 0 aliphatic carbocycles. The lowest BCUT2D eigenvalue weighted by Gasteiger charge is -2.22. The molecule has 17 heavy (non-hydrogen) atoms. The molecular formula is C13H27NO3. The summed E-state index contributed by atoms with van der Waals surface area (Å²) in [7, 11) is 1.67. The first-order valence-electron chi connectivity index (χ1n) is 6.47. The molecule has 0 saturated carbocycles. The highest BCUT2D eigenvalue weighted by Gasteiger charge is 2.12. The monoisotopic (exact) mass is 245 g/mol. The molecule has 0 amide bonds. The number of rotatable bonds is 10. The number of ether oxygens (including phenoxy) is 2. The van der Waals surface area contributed by atoms with Gasteiger partial charge in [0, 0.05) is 20.2 Å². The first-order valence-corrected chi connectivity index (χ1v) is 6.47. The van der Waals surface area contributed by atoms with Crippen molar-refractivity contribution in [2.45, 2.75) is 33.6 Å². The Hall–Kier alpha value is -0.610. The van der Waals surface area contributed by atoms with Crippen LogP contribution in [-0.2, 0) is 14.3 Å². The van der Waals surface area contributed by atoms with E-state index in [-0.39, 0.29) is 5.97 Å². The lowest BCUT2D eigenvalue weighted by molar-refractivity contribution is -0.145. The van der Waals surface area contributed by atoms with E-state index in [9.17, 15) is 4.79 Å². The van der Waals surface area contributed by atoms with Gasteiger partial charge in [0.25, 0.3) is 0 Å². The zero-order valence-electron chi connectivity index (χ0n) is 11.7. The number of methoxy groups -OCH3 is 1. The zero-order valence-corrected chi connectivity index (χ0v) is 11.7. The SMILES string of the molecule is CCCCOC(=O)CN(CCOC)CC(C)C. The maximum Gasteiger partial charge on any atom is 0.320 e. The van der Waals surface area contributed by atoms with E-state index >= 15 is 0 Å². The molecule has 0 aliphatic heterocycles. The van der Waals surface area contributed by atoms with Crippen molar-refractivity contribution in [2.75, 3.05) is 40.0 Å². The fourth-order valence-electron chi connectivity index (χ4n) is 1.53. The van der Waals surface area contributed by atoms with Crippen LogP contribution in [0.1, 0.15) is 33.6 Å². The van der Waals surface area contributed by atoms with Gasteiger partial charge in [0.15, 0.2) is 0 Å². The normalized spacial score (nSPS) is 11.2. The molecule has 0 aliphatic rings. The summed E-state index contributed by atoms with van der Waals surface area (Å²) in [5.41, 5.74) is 0. The van der Waals surface area contributed by atoms with Gasteiger partial charge in [-0.15, -0.1) is 0 Å². The Balaban J connectivity index is 3.90. The lowest BCUT2D eigenvalue weighted by Crippen LogP contribution is -2.36. The van der Waals surface area contributed by atoms with Gasteiger partial charge in [-0.1, -0.05) is 27.2 Å². The molecule has 4 nitrogen and oxygen atoms in total.